The highest BCUT2D eigenvalue weighted by Gasteiger charge is 2.29. The highest BCUT2D eigenvalue weighted by molar-refractivity contribution is 5.78. The van der Waals surface area contributed by atoms with Crippen molar-refractivity contribution in [2.45, 2.75) is 44.6 Å². The summed E-state index contributed by atoms with van der Waals surface area (Å²) in [5.41, 5.74) is 0. The number of hydrogen-bond acceptors (Lipinski definition) is 3. The molecule has 0 spiro atoms. The molecule has 0 radical (unpaired) electrons. The van der Waals surface area contributed by atoms with Crippen molar-refractivity contribution in [1.29, 1.82) is 0 Å². The van der Waals surface area contributed by atoms with Gasteiger partial charge in [0.15, 0.2) is 0 Å². The molecule has 4 heteroatoms. The van der Waals surface area contributed by atoms with E-state index in [1.807, 2.05) is 11.9 Å². The first-order valence-corrected chi connectivity index (χ1v) is 7.29. The molecule has 0 aromatic rings. The molecule has 2 N–H and O–H groups in total. The average Bonchev–Trinajstić information content (AvgIpc) is 3.22. The molecule has 0 aromatic carbocycles. The van der Waals surface area contributed by atoms with Crippen LogP contribution in [0.1, 0.15) is 38.5 Å². The Bertz CT molecular complexity index is 279. The van der Waals surface area contributed by atoms with E-state index in [1.165, 1.54) is 19.3 Å². The molecular formula is C14H26N2O2. The second kappa shape index (κ2) is 6.53. The number of aliphatic hydroxyl groups excluding tert-OH is 1. The minimum atomic E-state index is 0.203. The topological polar surface area (TPSA) is 52.6 Å². The zero-order chi connectivity index (χ0) is 13.0. The Morgan fingerprint density at radius 3 is 2.50 bits per heavy atom. The van der Waals surface area contributed by atoms with Crippen LogP contribution in [0, 0.1) is 11.8 Å². The molecule has 2 fully saturated rings. The van der Waals surface area contributed by atoms with Crippen LogP contribution in [0.4, 0.5) is 0 Å². The lowest BCUT2D eigenvalue weighted by atomic mass is 9.79. The number of nitrogens with zero attached hydrogens (tertiary/aromatic N) is 1. The standard InChI is InChI=1S/C14H26N2O2/c1-16(13-6-7-13)14(18)9-15-8-11-4-2-3-5-12(11)10-17/h11-13,15,17H,2-10H2,1H3. The molecule has 4 nitrogen and oxygen atoms in total. The van der Waals surface area contributed by atoms with Gasteiger partial charge in [-0.1, -0.05) is 12.8 Å². The Morgan fingerprint density at radius 1 is 1.22 bits per heavy atom. The summed E-state index contributed by atoms with van der Waals surface area (Å²) in [6.07, 6.45) is 7.16. The van der Waals surface area contributed by atoms with Crippen LogP contribution < -0.4 is 5.32 Å². The first-order valence-electron chi connectivity index (χ1n) is 7.29. The van der Waals surface area contributed by atoms with Gasteiger partial charge in [0.2, 0.25) is 5.91 Å². The fourth-order valence-electron chi connectivity index (χ4n) is 2.95. The van der Waals surface area contributed by atoms with Crippen molar-refractivity contribution in [2.75, 3.05) is 26.7 Å². The van der Waals surface area contributed by atoms with Crippen molar-refractivity contribution in [3.8, 4) is 0 Å². The van der Waals surface area contributed by atoms with E-state index in [4.69, 9.17) is 0 Å². The van der Waals surface area contributed by atoms with Crippen LogP contribution in [0.25, 0.3) is 0 Å². The fraction of sp³-hybridized carbons (Fsp3) is 0.929. The Hall–Kier alpha value is -0.610. The number of amides is 1. The lowest BCUT2D eigenvalue weighted by molar-refractivity contribution is -0.129. The van der Waals surface area contributed by atoms with Crippen molar-refractivity contribution in [3.63, 3.8) is 0 Å². The van der Waals surface area contributed by atoms with Gasteiger partial charge in [-0.15, -0.1) is 0 Å². The first kappa shape index (κ1) is 13.8. The number of carbonyl (C=O) groups is 1. The maximum Gasteiger partial charge on any atom is 0.236 e. The molecule has 2 rings (SSSR count). The second-order valence-electron chi connectivity index (χ2n) is 5.85. The molecule has 2 unspecified atom stereocenters. The molecule has 0 aromatic heterocycles. The van der Waals surface area contributed by atoms with Crippen molar-refractivity contribution in [3.05, 3.63) is 0 Å². The third-order valence-corrected chi connectivity index (χ3v) is 4.47. The third-order valence-electron chi connectivity index (χ3n) is 4.47. The minimum absolute atomic E-state index is 0.203. The molecule has 2 aliphatic carbocycles. The largest absolute Gasteiger partial charge is 0.396 e. The summed E-state index contributed by atoms with van der Waals surface area (Å²) in [7, 11) is 1.90. The number of carbonyl (C=O) groups excluding carboxylic acids is 1. The van der Waals surface area contributed by atoms with Gasteiger partial charge >= 0.3 is 0 Å². The highest BCUT2D eigenvalue weighted by Crippen LogP contribution is 2.29. The maximum absolute atomic E-state index is 11.8. The third kappa shape index (κ3) is 3.69. The van der Waals surface area contributed by atoms with E-state index >= 15 is 0 Å². The predicted molar refractivity (Wildman–Crippen MR) is 71.2 cm³/mol. The summed E-state index contributed by atoms with van der Waals surface area (Å²) < 4.78 is 0. The average molecular weight is 254 g/mol. The molecule has 0 bridgehead atoms. The molecule has 18 heavy (non-hydrogen) atoms. The Kier molecular flexibility index (Phi) is 5.01. The van der Waals surface area contributed by atoms with Crippen LogP contribution in [-0.4, -0.2) is 48.7 Å². The van der Waals surface area contributed by atoms with Gasteiger partial charge in [-0.3, -0.25) is 4.79 Å². The van der Waals surface area contributed by atoms with E-state index in [1.54, 1.807) is 0 Å². The van der Waals surface area contributed by atoms with Gasteiger partial charge < -0.3 is 15.3 Å². The van der Waals surface area contributed by atoms with Crippen LogP contribution in [0.15, 0.2) is 0 Å². The van der Waals surface area contributed by atoms with E-state index in [2.05, 4.69) is 5.32 Å². The Labute approximate surface area is 110 Å². The number of nitrogens with one attached hydrogen (secondary N) is 1. The summed E-state index contributed by atoms with van der Waals surface area (Å²) >= 11 is 0. The van der Waals surface area contributed by atoms with E-state index in [9.17, 15) is 9.90 Å². The molecule has 2 atom stereocenters. The van der Waals surface area contributed by atoms with Crippen molar-refractivity contribution >= 4 is 5.91 Å². The Balaban J connectivity index is 1.65. The van der Waals surface area contributed by atoms with Gasteiger partial charge in [-0.25, -0.2) is 0 Å². The van der Waals surface area contributed by atoms with E-state index in [-0.39, 0.29) is 5.91 Å². The summed E-state index contributed by atoms with van der Waals surface area (Å²) in [5.74, 6) is 1.18. The van der Waals surface area contributed by atoms with E-state index < -0.39 is 0 Å². The van der Waals surface area contributed by atoms with E-state index in [0.717, 1.165) is 25.8 Å². The predicted octanol–water partition coefficient (Wildman–Crippen LogP) is 0.995. The first-order chi connectivity index (χ1) is 8.72. The molecular weight excluding hydrogens is 228 g/mol. The highest BCUT2D eigenvalue weighted by atomic mass is 16.3. The molecule has 2 aliphatic rings. The number of rotatable bonds is 6. The van der Waals surface area contributed by atoms with Crippen molar-refractivity contribution < 1.29 is 9.90 Å². The lowest BCUT2D eigenvalue weighted by Crippen LogP contribution is -2.40. The quantitative estimate of drug-likeness (QED) is 0.743. The number of likely N-dealkylation sites (N-methyl/N-ethyl adjacent to an activating group) is 1. The summed E-state index contributed by atoms with van der Waals surface area (Å²) in [4.78, 5) is 13.7. The van der Waals surface area contributed by atoms with Gasteiger partial charge in [0.1, 0.15) is 0 Å². The minimum Gasteiger partial charge on any atom is -0.396 e. The molecule has 104 valence electrons. The van der Waals surface area contributed by atoms with Gasteiger partial charge in [-0.05, 0) is 44.1 Å². The van der Waals surface area contributed by atoms with Crippen LogP contribution in [0.2, 0.25) is 0 Å². The maximum atomic E-state index is 11.8. The van der Waals surface area contributed by atoms with Crippen LogP contribution in [0.3, 0.4) is 0 Å². The molecule has 2 saturated carbocycles. The number of aliphatic hydroxyl groups is 1. The van der Waals surface area contributed by atoms with Gasteiger partial charge in [0, 0.05) is 19.7 Å². The summed E-state index contributed by atoms with van der Waals surface area (Å²) in [5, 5.41) is 12.6. The lowest BCUT2D eigenvalue weighted by Gasteiger charge is -2.30. The normalized spacial score (nSPS) is 28.1. The van der Waals surface area contributed by atoms with E-state index in [0.29, 0.717) is 31.0 Å². The van der Waals surface area contributed by atoms with Gasteiger partial charge in [0.25, 0.3) is 0 Å². The van der Waals surface area contributed by atoms with Gasteiger partial charge in [-0.2, -0.15) is 0 Å². The van der Waals surface area contributed by atoms with Crippen molar-refractivity contribution in [1.82, 2.24) is 10.2 Å². The van der Waals surface area contributed by atoms with Crippen LogP contribution >= 0.6 is 0 Å². The summed E-state index contributed by atoms with van der Waals surface area (Å²) in [6, 6.07) is 0.499. The molecule has 0 saturated heterocycles. The van der Waals surface area contributed by atoms with Gasteiger partial charge in [0.05, 0.1) is 6.54 Å². The smallest absolute Gasteiger partial charge is 0.236 e. The monoisotopic (exact) mass is 254 g/mol. The Morgan fingerprint density at radius 2 is 1.89 bits per heavy atom. The van der Waals surface area contributed by atoms with Crippen molar-refractivity contribution in [2.24, 2.45) is 11.8 Å². The SMILES string of the molecule is CN(C(=O)CNCC1CCCCC1CO)C1CC1. The van der Waals surface area contributed by atoms with Crippen LogP contribution in [-0.2, 0) is 4.79 Å². The molecule has 1 amide bonds. The van der Waals surface area contributed by atoms with Crippen LogP contribution in [0.5, 0.6) is 0 Å². The summed E-state index contributed by atoms with van der Waals surface area (Å²) in [6.45, 7) is 1.61. The fourth-order valence-corrected chi connectivity index (χ4v) is 2.95. The number of hydrogen-bond donors (Lipinski definition) is 2. The zero-order valence-electron chi connectivity index (χ0n) is 11.4. The molecule has 0 aliphatic heterocycles. The molecule has 0 heterocycles. The second-order valence-corrected chi connectivity index (χ2v) is 5.85. The zero-order valence-corrected chi connectivity index (χ0v) is 11.4.